The number of nitrogens with one attached hydrogen (secondary N) is 2. The van der Waals surface area contributed by atoms with Gasteiger partial charge in [0.05, 0.1) is 5.92 Å². The number of likely N-dealkylation sites (tertiary alicyclic amines) is 1. The molecule has 2 N–H and O–H groups in total. The van der Waals surface area contributed by atoms with Crippen LogP contribution < -0.4 is 10.6 Å². The lowest BCUT2D eigenvalue weighted by Gasteiger charge is -2.43. The molecule has 2 aromatic rings. The van der Waals surface area contributed by atoms with E-state index in [1.807, 2.05) is 36.4 Å². The van der Waals surface area contributed by atoms with Gasteiger partial charge < -0.3 is 14.2 Å². The van der Waals surface area contributed by atoms with Crippen LogP contribution in [0.3, 0.4) is 0 Å². The van der Waals surface area contributed by atoms with Crippen molar-refractivity contribution in [3.05, 3.63) is 71.8 Å². The highest BCUT2D eigenvalue weighted by molar-refractivity contribution is 6.01. The van der Waals surface area contributed by atoms with E-state index in [9.17, 15) is 24.0 Å². The van der Waals surface area contributed by atoms with Crippen LogP contribution in [-0.2, 0) is 41.8 Å². The number of alkyl carbamates (subject to hydrolysis) is 2. The number of β-lactam (4-membered cyclic amide) rings is 1. The van der Waals surface area contributed by atoms with Crippen LogP contribution >= 0.6 is 0 Å². The van der Waals surface area contributed by atoms with Gasteiger partial charge in [0.15, 0.2) is 6.23 Å². The van der Waals surface area contributed by atoms with Crippen molar-refractivity contribution in [2.45, 2.75) is 46.1 Å². The predicted molar refractivity (Wildman–Crippen MR) is 138 cm³/mol. The van der Waals surface area contributed by atoms with Crippen molar-refractivity contribution in [3.63, 3.8) is 0 Å². The molecule has 1 aliphatic heterocycles. The van der Waals surface area contributed by atoms with Crippen LogP contribution in [0.1, 0.15) is 37.8 Å². The zero-order valence-corrected chi connectivity index (χ0v) is 21.6. The van der Waals surface area contributed by atoms with Gasteiger partial charge in [-0.2, -0.15) is 0 Å². The van der Waals surface area contributed by atoms with Gasteiger partial charge in [0.25, 0.3) is 0 Å². The van der Waals surface area contributed by atoms with Crippen LogP contribution in [0.5, 0.6) is 0 Å². The number of imide groups is 1. The highest BCUT2D eigenvalue weighted by Crippen LogP contribution is 2.31. The minimum Gasteiger partial charge on any atom is -0.444 e. The fraction of sp³-hybridized carbons (Fsp3) is 0.333. The molecule has 1 saturated heterocycles. The number of benzene rings is 2. The van der Waals surface area contributed by atoms with Crippen LogP contribution in [0, 0.1) is 5.92 Å². The van der Waals surface area contributed by atoms with Gasteiger partial charge in [-0.05, 0) is 24.0 Å². The van der Waals surface area contributed by atoms with E-state index in [0.717, 1.165) is 16.0 Å². The molecule has 1 aliphatic rings. The molecule has 12 nitrogen and oxygen atoms in total. The average molecular weight is 539 g/mol. The third kappa shape index (κ3) is 8.95. The first kappa shape index (κ1) is 28.8. The zero-order chi connectivity index (χ0) is 28.2. The molecule has 39 heavy (non-hydrogen) atoms. The lowest BCUT2D eigenvalue weighted by atomic mass is 9.90. The standard InChI is InChI=1S/C27H30N4O8/c1-18(32)31-23(34)22(24(31)39-19(2)33)14-9-15-28-25(29-26(35)37-16-20-10-5-3-6-11-20)30-27(36)38-17-21-12-7-4-8-13-21/h3-8,10-13,22,24H,9,14-17H2,1-2H3,(H2,28,29,30,35,36). The smallest absolute Gasteiger partial charge is 0.414 e. The first-order chi connectivity index (χ1) is 18.7. The Kier molecular flexibility index (Phi) is 10.5. The minimum atomic E-state index is -0.965. The van der Waals surface area contributed by atoms with Gasteiger partial charge in [-0.25, -0.2) is 14.5 Å². The van der Waals surface area contributed by atoms with E-state index in [0.29, 0.717) is 6.42 Å². The molecule has 2 unspecified atom stereocenters. The maximum absolute atomic E-state index is 12.3. The summed E-state index contributed by atoms with van der Waals surface area (Å²) in [5.41, 5.74) is 1.54. The monoisotopic (exact) mass is 538 g/mol. The SMILES string of the molecule is CC(=O)OC1C(CCCN=C(NC(=O)OCc2ccccc2)NC(=O)OCc2ccccc2)C(=O)N1C(C)=O. The number of ether oxygens (including phenoxy) is 3. The van der Waals surface area contributed by atoms with Crippen LogP contribution in [0.25, 0.3) is 0 Å². The molecule has 1 heterocycles. The Hall–Kier alpha value is -4.74. The summed E-state index contributed by atoms with van der Waals surface area (Å²) in [5, 5.41) is 4.77. The Morgan fingerprint density at radius 2 is 1.36 bits per heavy atom. The van der Waals surface area contributed by atoms with Crippen LogP contribution in [0.4, 0.5) is 9.59 Å². The minimum absolute atomic E-state index is 0.00633. The normalized spacial score (nSPS) is 15.8. The van der Waals surface area contributed by atoms with E-state index in [2.05, 4.69) is 15.6 Å². The van der Waals surface area contributed by atoms with Gasteiger partial charge in [0, 0.05) is 20.4 Å². The topological polar surface area (TPSA) is 153 Å². The summed E-state index contributed by atoms with van der Waals surface area (Å²) < 4.78 is 15.5. The van der Waals surface area contributed by atoms with Gasteiger partial charge in [-0.15, -0.1) is 0 Å². The molecule has 3 rings (SSSR count). The van der Waals surface area contributed by atoms with Gasteiger partial charge in [0.1, 0.15) is 13.2 Å². The summed E-state index contributed by atoms with van der Waals surface area (Å²) in [7, 11) is 0. The van der Waals surface area contributed by atoms with Crippen LogP contribution in [-0.4, -0.2) is 53.6 Å². The number of carbonyl (C=O) groups excluding carboxylic acids is 5. The number of guanidine groups is 1. The van der Waals surface area contributed by atoms with Gasteiger partial charge in [-0.3, -0.25) is 30.0 Å². The number of aliphatic imine (C=N–C) groups is 1. The lowest BCUT2D eigenvalue weighted by molar-refractivity contribution is -0.199. The van der Waals surface area contributed by atoms with E-state index in [1.54, 1.807) is 24.3 Å². The summed E-state index contributed by atoms with van der Waals surface area (Å²) >= 11 is 0. The summed E-state index contributed by atoms with van der Waals surface area (Å²) in [6, 6.07) is 18.1. The van der Waals surface area contributed by atoms with Gasteiger partial charge in [0.2, 0.25) is 17.8 Å². The van der Waals surface area contributed by atoms with Crippen molar-refractivity contribution in [1.29, 1.82) is 0 Å². The summed E-state index contributed by atoms with van der Waals surface area (Å²) in [6.07, 6.45) is -2.07. The summed E-state index contributed by atoms with van der Waals surface area (Å²) in [5.74, 6) is -2.46. The van der Waals surface area contributed by atoms with Crippen molar-refractivity contribution in [2.75, 3.05) is 6.54 Å². The molecule has 2 atom stereocenters. The molecule has 0 aliphatic carbocycles. The third-order valence-corrected chi connectivity index (χ3v) is 5.59. The Morgan fingerprint density at radius 1 is 0.846 bits per heavy atom. The molecular formula is C27H30N4O8. The average Bonchev–Trinajstić information content (AvgIpc) is 2.91. The molecule has 0 saturated carbocycles. The number of nitrogens with zero attached hydrogens (tertiary/aromatic N) is 2. The maximum Gasteiger partial charge on any atom is 0.414 e. The molecule has 0 radical (unpaired) electrons. The fourth-order valence-electron chi connectivity index (χ4n) is 3.75. The molecule has 0 aromatic heterocycles. The molecule has 0 bridgehead atoms. The molecule has 206 valence electrons. The number of hydrogen-bond acceptors (Lipinski definition) is 9. The van der Waals surface area contributed by atoms with Crippen LogP contribution in [0.2, 0.25) is 0 Å². The molecule has 4 amide bonds. The maximum atomic E-state index is 12.3. The first-order valence-corrected chi connectivity index (χ1v) is 12.3. The number of carbonyl (C=O) groups is 5. The van der Waals surface area contributed by atoms with Crippen molar-refractivity contribution in [2.24, 2.45) is 10.9 Å². The predicted octanol–water partition coefficient (Wildman–Crippen LogP) is 2.87. The van der Waals surface area contributed by atoms with Gasteiger partial charge in [-0.1, -0.05) is 60.7 Å². The molecule has 12 heteroatoms. The molecule has 1 fully saturated rings. The molecule has 2 aromatic carbocycles. The van der Waals surface area contributed by atoms with Crippen molar-refractivity contribution in [3.8, 4) is 0 Å². The van der Waals surface area contributed by atoms with E-state index >= 15 is 0 Å². The lowest BCUT2D eigenvalue weighted by Crippen LogP contribution is -2.64. The molecule has 0 spiro atoms. The third-order valence-electron chi connectivity index (χ3n) is 5.59. The second kappa shape index (κ2) is 14.3. The van der Waals surface area contributed by atoms with E-state index in [4.69, 9.17) is 14.2 Å². The van der Waals surface area contributed by atoms with E-state index < -0.39 is 42.1 Å². The number of amides is 4. The number of hydrogen-bond donors (Lipinski definition) is 2. The van der Waals surface area contributed by atoms with Crippen molar-refractivity contribution in [1.82, 2.24) is 15.5 Å². The number of rotatable bonds is 9. The summed E-state index contributed by atoms with van der Waals surface area (Å²) in [4.78, 5) is 65.2. The first-order valence-electron chi connectivity index (χ1n) is 12.3. The van der Waals surface area contributed by atoms with Crippen LogP contribution in [0.15, 0.2) is 65.7 Å². The Morgan fingerprint density at radius 3 is 1.82 bits per heavy atom. The largest absolute Gasteiger partial charge is 0.444 e. The van der Waals surface area contributed by atoms with E-state index in [-0.39, 0.29) is 32.1 Å². The van der Waals surface area contributed by atoms with Gasteiger partial charge >= 0.3 is 18.2 Å². The molecular weight excluding hydrogens is 508 g/mol. The Balaban J connectivity index is 1.57. The van der Waals surface area contributed by atoms with Crippen molar-refractivity contribution < 1.29 is 38.2 Å². The zero-order valence-electron chi connectivity index (χ0n) is 21.6. The quantitative estimate of drug-likeness (QED) is 0.123. The second-order valence-corrected chi connectivity index (χ2v) is 8.58. The Bertz CT molecular complexity index is 1140. The Labute approximate surface area is 225 Å². The second-order valence-electron chi connectivity index (χ2n) is 8.58. The summed E-state index contributed by atoms with van der Waals surface area (Å²) in [6.45, 7) is 2.51. The highest BCUT2D eigenvalue weighted by Gasteiger charge is 2.51. The van der Waals surface area contributed by atoms with E-state index in [1.165, 1.54) is 13.8 Å². The number of esters is 1. The van der Waals surface area contributed by atoms with Crippen molar-refractivity contribution >= 4 is 35.9 Å². The fourth-order valence-corrected chi connectivity index (χ4v) is 3.75. The highest BCUT2D eigenvalue weighted by atomic mass is 16.6.